The van der Waals surface area contributed by atoms with Gasteiger partial charge in [-0.15, -0.1) is 0 Å². The van der Waals surface area contributed by atoms with Crippen LogP contribution in [0.5, 0.6) is 5.75 Å². The second kappa shape index (κ2) is 10.1. The van der Waals surface area contributed by atoms with Crippen LogP contribution in [-0.2, 0) is 6.54 Å². The minimum atomic E-state index is -0.668. The lowest BCUT2D eigenvalue weighted by atomic mass is 10.1. The van der Waals surface area contributed by atoms with Crippen LogP contribution in [0.3, 0.4) is 0 Å². The van der Waals surface area contributed by atoms with E-state index in [1.165, 1.54) is 9.47 Å². The van der Waals surface area contributed by atoms with Crippen molar-refractivity contribution in [3.8, 4) is 5.75 Å². The van der Waals surface area contributed by atoms with Gasteiger partial charge in [-0.25, -0.2) is 4.79 Å². The van der Waals surface area contributed by atoms with Crippen LogP contribution in [0.4, 0.5) is 11.5 Å². The van der Waals surface area contributed by atoms with Gasteiger partial charge in [0, 0.05) is 18.7 Å². The van der Waals surface area contributed by atoms with Crippen LogP contribution in [-0.4, -0.2) is 28.1 Å². The summed E-state index contributed by atoms with van der Waals surface area (Å²) in [5.74, 6) is 0.374. The Hall–Kier alpha value is -3.03. The van der Waals surface area contributed by atoms with Crippen molar-refractivity contribution in [2.45, 2.75) is 60.1 Å². The summed E-state index contributed by atoms with van der Waals surface area (Å²) >= 11 is 0. The molecule has 0 unspecified atom stereocenters. The van der Waals surface area contributed by atoms with E-state index in [0.29, 0.717) is 17.9 Å². The Morgan fingerprint density at radius 3 is 2.33 bits per heavy atom. The normalized spacial score (nSPS) is 11.2. The van der Waals surface area contributed by atoms with Crippen LogP contribution in [0, 0.1) is 5.92 Å². The van der Waals surface area contributed by atoms with Crippen LogP contribution in [0.2, 0.25) is 0 Å². The maximum Gasteiger partial charge on any atom is 0.330 e. The van der Waals surface area contributed by atoms with Gasteiger partial charge in [0.1, 0.15) is 11.6 Å². The molecule has 8 heteroatoms. The molecule has 1 heterocycles. The molecule has 0 spiro atoms. The van der Waals surface area contributed by atoms with E-state index in [4.69, 9.17) is 10.5 Å². The van der Waals surface area contributed by atoms with Crippen molar-refractivity contribution in [1.82, 2.24) is 9.55 Å². The summed E-state index contributed by atoms with van der Waals surface area (Å²) in [5, 5.41) is 0. The van der Waals surface area contributed by atoms with Gasteiger partial charge in [0.25, 0.3) is 11.5 Å². The van der Waals surface area contributed by atoms with Crippen LogP contribution < -0.4 is 26.6 Å². The molecule has 2 rings (SSSR count). The molecule has 2 aromatic rings. The summed E-state index contributed by atoms with van der Waals surface area (Å²) in [5.41, 5.74) is 5.40. The van der Waals surface area contributed by atoms with Gasteiger partial charge >= 0.3 is 5.69 Å². The summed E-state index contributed by atoms with van der Waals surface area (Å²) in [6, 6.07) is 6.75. The molecule has 0 saturated carbocycles. The van der Waals surface area contributed by atoms with Gasteiger partial charge in [-0.3, -0.25) is 19.1 Å². The fourth-order valence-electron chi connectivity index (χ4n) is 3.12. The number of rotatable bonds is 9. The molecule has 1 aromatic carbocycles. The molecule has 0 radical (unpaired) electrons. The first-order chi connectivity index (χ1) is 14.1. The monoisotopic (exact) mass is 416 g/mol. The number of benzene rings is 1. The van der Waals surface area contributed by atoms with Crippen molar-refractivity contribution < 1.29 is 9.53 Å². The number of hydrogen-bond acceptors (Lipinski definition) is 5. The molecule has 164 valence electrons. The fourth-order valence-corrected chi connectivity index (χ4v) is 3.12. The summed E-state index contributed by atoms with van der Waals surface area (Å²) < 4.78 is 6.95. The van der Waals surface area contributed by atoms with Crippen LogP contribution in [0.25, 0.3) is 0 Å². The number of nitrogens with one attached hydrogen (secondary N) is 1. The largest absolute Gasteiger partial charge is 0.491 e. The molecule has 1 aromatic heterocycles. The zero-order valence-corrected chi connectivity index (χ0v) is 18.4. The molecule has 0 fully saturated rings. The summed E-state index contributed by atoms with van der Waals surface area (Å²) in [7, 11) is 0. The third-order valence-electron chi connectivity index (χ3n) is 4.49. The second-order valence-corrected chi connectivity index (χ2v) is 8.00. The number of nitrogens with two attached hydrogens (primary N) is 1. The van der Waals surface area contributed by atoms with E-state index < -0.39 is 11.2 Å². The van der Waals surface area contributed by atoms with Crippen molar-refractivity contribution in [1.29, 1.82) is 0 Å². The maximum absolute atomic E-state index is 13.3. The highest BCUT2D eigenvalue weighted by Gasteiger charge is 2.26. The summed E-state index contributed by atoms with van der Waals surface area (Å²) in [6.45, 7) is 10.4. The number of aromatic amines is 1. The number of anilines is 2. The number of nitrogen functional groups attached to an aromatic ring is 1. The third kappa shape index (κ3) is 5.52. The first-order valence-corrected chi connectivity index (χ1v) is 10.4. The van der Waals surface area contributed by atoms with E-state index >= 15 is 0 Å². The van der Waals surface area contributed by atoms with Gasteiger partial charge in [-0.1, -0.05) is 27.2 Å². The summed E-state index contributed by atoms with van der Waals surface area (Å²) in [4.78, 5) is 41.9. The number of H-pyrrole nitrogens is 1. The lowest BCUT2D eigenvalue weighted by molar-refractivity contribution is 0.0983. The summed E-state index contributed by atoms with van der Waals surface area (Å²) in [6.07, 6.45) is 1.61. The molecule has 8 nitrogen and oxygen atoms in total. The Kier molecular flexibility index (Phi) is 7.86. The van der Waals surface area contributed by atoms with Gasteiger partial charge in [-0.05, 0) is 50.5 Å². The van der Waals surface area contributed by atoms with E-state index in [2.05, 4.69) is 4.98 Å². The van der Waals surface area contributed by atoms with Crippen molar-refractivity contribution in [2.24, 2.45) is 5.92 Å². The number of hydrogen-bond donors (Lipinski definition) is 2. The minimum absolute atomic E-state index is 0.00552. The van der Waals surface area contributed by atoms with Gasteiger partial charge < -0.3 is 15.4 Å². The number of carbonyl (C=O) groups is 1. The molecule has 0 bridgehead atoms. The van der Waals surface area contributed by atoms with E-state index in [-0.39, 0.29) is 36.0 Å². The molecule has 0 aliphatic heterocycles. The van der Waals surface area contributed by atoms with E-state index in [9.17, 15) is 14.4 Å². The molecular weight excluding hydrogens is 384 g/mol. The number of nitrogens with zero attached hydrogens (tertiary/aromatic N) is 2. The van der Waals surface area contributed by atoms with Gasteiger partial charge in [0.2, 0.25) is 0 Å². The van der Waals surface area contributed by atoms with Gasteiger partial charge in [-0.2, -0.15) is 0 Å². The molecule has 0 atom stereocenters. The first kappa shape index (κ1) is 23.3. The maximum atomic E-state index is 13.3. The number of aromatic nitrogens is 2. The molecular formula is C22H32N4O4. The number of unbranched alkanes of at least 4 members (excludes halogenated alkanes) is 1. The van der Waals surface area contributed by atoms with Crippen molar-refractivity contribution in [2.75, 3.05) is 17.2 Å². The average molecular weight is 417 g/mol. The van der Waals surface area contributed by atoms with Crippen LogP contribution in [0.15, 0.2) is 33.9 Å². The Morgan fingerprint density at radius 2 is 1.80 bits per heavy atom. The average Bonchev–Trinajstić information content (AvgIpc) is 2.66. The zero-order chi connectivity index (χ0) is 22.4. The highest BCUT2D eigenvalue weighted by atomic mass is 16.5. The second-order valence-electron chi connectivity index (χ2n) is 8.00. The molecule has 0 aliphatic rings. The lowest BCUT2D eigenvalue weighted by Crippen LogP contribution is -2.42. The standard InChI is InChI=1S/C22H32N4O4/c1-6-7-12-25-19(23)18(20(27)24-22(25)29)26(13-14(2)3)21(28)16-8-10-17(11-9-16)30-15(4)5/h8-11,14-15H,6-7,12-13,23H2,1-5H3,(H,24,27,29). The predicted octanol–water partition coefficient (Wildman–Crippen LogP) is 3.01. The molecule has 1 amide bonds. The van der Waals surface area contributed by atoms with Crippen LogP contribution >= 0.6 is 0 Å². The quantitative estimate of drug-likeness (QED) is 0.653. The van der Waals surface area contributed by atoms with E-state index in [0.717, 1.165) is 12.8 Å². The third-order valence-corrected chi connectivity index (χ3v) is 4.49. The Labute approximate surface area is 176 Å². The fraction of sp³-hybridized carbons (Fsp3) is 0.500. The van der Waals surface area contributed by atoms with Crippen molar-refractivity contribution in [3.05, 3.63) is 50.7 Å². The Morgan fingerprint density at radius 1 is 1.17 bits per heavy atom. The SMILES string of the molecule is CCCCn1c(N)c(N(CC(C)C)C(=O)c2ccc(OC(C)C)cc2)c(=O)[nH]c1=O. The number of carbonyl (C=O) groups excluding carboxylic acids is 1. The highest BCUT2D eigenvalue weighted by molar-refractivity contribution is 6.07. The van der Waals surface area contributed by atoms with Crippen LogP contribution in [0.1, 0.15) is 57.8 Å². The zero-order valence-electron chi connectivity index (χ0n) is 18.4. The van der Waals surface area contributed by atoms with Gasteiger partial charge in [0.15, 0.2) is 5.69 Å². The Bertz CT molecular complexity index is 974. The smallest absolute Gasteiger partial charge is 0.330 e. The number of ether oxygens (including phenoxy) is 1. The van der Waals surface area contributed by atoms with E-state index in [1.54, 1.807) is 24.3 Å². The molecule has 30 heavy (non-hydrogen) atoms. The van der Waals surface area contributed by atoms with Gasteiger partial charge in [0.05, 0.1) is 6.10 Å². The Balaban J connectivity index is 2.51. The highest BCUT2D eigenvalue weighted by Crippen LogP contribution is 2.22. The molecule has 0 saturated heterocycles. The number of amides is 1. The topological polar surface area (TPSA) is 110 Å². The predicted molar refractivity (Wildman–Crippen MR) is 119 cm³/mol. The minimum Gasteiger partial charge on any atom is -0.491 e. The lowest BCUT2D eigenvalue weighted by Gasteiger charge is -2.26. The molecule has 3 N–H and O–H groups in total. The van der Waals surface area contributed by atoms with Crippen molar-refractivity contribution >= 4 is 17.4 Å². The molecule has 0 aliphatic carbocycles. The first-order valence-electron chi connectivity index (χ1n) is 10.4. The van der Waals surface area contributed by atoms with E-state index in [1.807, 2.05) is 34.6 Å². The van der Waals surface area contributed by atoms with Crippen molar-refractivity contribution in [3.63, 3.8) is 0 Å².